The van der Waals surface area contributed by atoms with Gasteiger partial charge in [-0.25, -0.2) is 19.6 Å². The van der Waals surface area contributed by atoms with Crippen LogP contribution in [0.1, 0.15) is 11.1 Å². The molecule has 0 radical (unpaired) electrons. The summed E-state index contributed by atoms with van der Waals surface area (Å²) in [5.41, 5.74) is 4.68. The molecule has 0 atom stereocenters. The topological polar surface area (TPSA) is 54.2 Å². The van der Waals surface area contributed by atoms with E-state index < -0.39 is 11.6 Å². The molecule has 0 spiro atoms. The van der Waals surface area contributed by atoms with Gasteiger partial charge in [-0.2, -0.15) is 0 Å². The van der Waals surface area contributed by atoms with E-state index in [0.29, 0.717) is 13.1 Å². The molecule has 2 aromatic rings. The summed E-state index contributed by atoms with van der Waals surface area (Å²) in [7, 11) is 0. The van der Waals surface area contributed by atoms with Crippen molar-refractivity contribution in [3.63, 3.8) is 0 Å². The molecule has 3 N–H and O–H groups in total. The van der Waals surface area contributed by atoms with Gasteiger partial charge in [-0.15, -0.1) is 0 Å². The van der Waals surface area contributed by atoms with Crippen molar-refractivity contribution >= 4 is 11.6 Å². The Morgan fingerprint density at radius 3 is 2.24 bits per heavy atom. The molecule has 0 aliphatic carbocycles. The lowest BCUT2D eigenvalue weighted by Crippen LogP contribution is -2.28. The van der Waals surface area contributed by atoms with E-state index in [1.54, 1.807) is 0 Å². The van der Waals surface area contributed by atoms with Crippen LogP contribution >= 0.6 is 0 Å². The maximum atomic E-state index is 14.0. The van der Waals surface area contributed by atoms with E-state index in [-0.39, 0.29) is 11.6 Å². The molecule has 1 aromatic heterocycles. The van der Waals surface area contributed by atoms with Crippen molar-refractivity contribution in [2.45, 2.75) is 12.8 Å². The first-order chi connectivity index (χ1) is 10.2. The first-order valence-corrected chi connectivity index (χ1v) is 6.83. The number of rotatable bonds is 2. The fourth-order valence-corrected chi connectivity index (χ4v) is 2.66. The van der Waals surface area contributed by atoms with Crippen molar-refractivity contribution in [3.05, 3.63) is 53.1 Å². The Balaban J connectivity index is 1.89. The van der Waals surface area contributed by atoms with Crippen LogP contribution in [0.25, 0.3) is 0 Å². The number of nitrogen functional groups attached to an aromatic ring is 1. The van der Waals surface area contributed by atoms with Gasteiger partial charge in [0, 0.05) is 19.2 Å². The normalized spacial score (nSPS) is 14.5. The number of aromatic nitrogens is 1. The number of nitrogens with zero attached hydrogens (tertiary/aromatic N) is 2. The lowest BCUT2D eigenvalue weighted by molar-refractivity contribution is 0.569. The zero-order valence-corrected chi connectivity index (χ0v) is 11.4. The predicted octanol–water partition coefficient (Wildman–Crippen LogP) is 2.25. The molecule has 0 unspecified atom stereocenters. The van der Waals surface area contributed by atoms with Gasteiger partial charge in [0.1, 0.15) is 0 Å². The maximum absolute atomic E-state index is 14.0. The van der Waals surface area contributed by atoms with Crippen LogP contribution in [0.2, 0.25) is 0 Å². The van der Waals surface area contributed by atoms with E-state index in [1.807, 2.05) is 17.0 Å². The molecule has 6 heteroatoms. The minimum Gasteiger partial charge on any atom is -0.353 e. The molecule has 0 fully saturated rings. The molecule has 1 aromatic carbocycles. The zero-order chi connectivity index (χ0) is 14.8. The molecule has 21 heavy (non-hydrogen) atoms. The number of hydrogen-bond donors (Lipinski definition) is 2. The van der Waals surface area contributed by atoms with E-state index >= 15 is 0 Å². The van der Waals surface area contributed by atoms with E-state index in [0.717, 1.165) is 18.9 Å². The number of nitrogens with two attached hydrogens (primary N) is 1. The Hall–Kier alpha value is -2.21. The van der Waals surface area contributed by atoms with Gasteiger partial charge in [0.25, 0.3) is 0 Å². The van der Waals surface area contributed by atoms with Crippen LogP contribution in [-0.4, -0.2) is 18.1 Å². The molecular formula is C15H16F2N4. The highest BCUT2D eigenvalue weighted by Crippen LogP contribution is 2.24. The maximum Gasteiger partial charge on any atom is 0.178 e. The van der Waals surface area contributed by atoms with Crippen LogP contribution in [0.4, 0.5) is 20.4 Å². The third kappa shape index (κ3) is 2.67. The summed E-state index contributed by atoms with van der Waals surface area (Å²) in [4.78, 5) is 5.79. The molecular weight excluding hydrogens is 274 g/mol. The number of pyridine rings is 1. The molecule has 0 saturated heterocycles. The van der Waals surface area contributed by atoms with Crippen molar-refractivity contribution in [2.24, 2.45) is 5.84 Å². The third-order valence-corrected chi connectivity index (χ3v) is 3.77. The van der Waals surface area contributed by atoms with E-state index in [1.165, 1.54) is 11.1 Å². The number of halogens is 2. The summed E-state index contributed by atoms with van der Waals surface area (Å²) >= 11 is 0. The molecule has 0 amide bonds. The quantitative estimate of drug-likeness (QED) is 0.658. The fourth-order valence-electron chi connectivity index (χ4n) is 2.66. The molecule has 110 valence electrons. The van der Waals surface area contributed by atoms with Crippen molar-refractivity contribution < 1.29 is 8.78 Å². The number of fused-ring (bicyclic) bond motifs is 1. The highest BCUT2D eigenvalue weighted by molar-refractivity contribution is 5.49. The van der Waals surface area contributed by atoms with Crippen LogP contribution in [0, 0.1) is 11.6 Å². The van der Waals surface area contributed by atoms with Crippen LogP contribution in [-0.2, 0) is 12.8 Å². The van der Waals surface area contributed by atoms with Gasteiger partial charge in [0.15, 0.2) is 23.3 Å². The van der Waals surface area contributed by atoms with Crippen LogP contribution in [0.15, 0.2) is 30.3 Å². The number of benzene rings is 1. The summed E-state index contributed by atoms with van der Waals surface area (Å²) in [5, 5.41) is 0. The van der Waals surface area contributed by atoms with Gasteiger partial charge in [-0.05, 0) is 24.0 Å². The standard InChI is InChI=1S/C15H16F2N4/c16-12-9-13(17)15(19-14(12)20-18)21-7-5-10-3-1-2-4-11(10)6-8-21/h1-4,9H,5-8,18H2,(H,19,20). The molecule has 2 heterocycles. The number of anilines is 2. The lowest BCUT2D eigenvalue weighted by atomic mass is 10.0. The van der Waals surface area contributed by atoms with Crippen molar-refractivity contribution in [3.8, 4) is 0 Å². The van der Waals surface area contributed by atoms with E-state index in [9.17, 15) is 8.78 Å². The second-order valence-electron chi connectivity index (χ2n) is 5.02. The smallest absolute Gasteiger partial charge is 0.178 e. The molecule has 3 rings (SSSR count). The molecule has 0 saturated carbocycles. The largest absolute Gasteiger partial charge is 0.353 e. The average molecular weight is 290 g/mol. The Morgan fingerprint density at radius 2 is 1.67 bits per heavy atom. The minimum atomic E-state index is -0.795. The summed E-state index contributed by atoms with van der Waals surface area (Å²) in [6, 6.07) is 8.99. The van der Waals surface area contributed by atoms with Gasteiger partial charge < -0.3 is 10.3 Å². The van der Waals surface area contributed by atoms with Crippen LogP contribution < -0.4 is 16.2 Å². The van der Waals surface area contributed by atoms with Gasteiger partial charge in [-0.1, -0.05) is 24.3 Å². The van der Waals surface area contributed by atoms with Crippen molar-refractivity contribution in [1.82, 2.24) is 4.98 Å². The first kappa shape index (κ1) is 13.8. The first-order valence-electron chi connectivity index (χ1n) is 6.83. The molecule has 4 nitrogen and oxygen atoms in total. The van der Waals surface area contributed by atoms with Crippen molar-refractivity contribution in [1.29, 1.82) is 0 Å². The van der Waals surface area contributed by atoms with Gasteiger partial charge >= 0.3 is 0 Å². The lowest BCUT2D eigenvalue weighted by Gasteiger charge is -2.22. The number of hydrogen-bond acceptors (Lipinski definition) is 4. The van der Waals surface area contributed by atoms with Gasteiger partial charge in [0.2, 0.25) is 0 Å². The van der Waals surface area contributed by atoms with Gasteiger partial charge in [0.05, 0.1) is 0 Å². The van der Waals surface area contributed by atoms with Crippen LogP contribution in [0.3, 0.4) is 0 Å². The zero-order valence-electron chi connectivity index (χ0n) is 11.4. The van der Waals surface area contributed by atoms with E-state index in [4.69, 9.17) is 5.84 Å². The van der Waals surface area contributed by atoms with Crippen LogP contribution in [0.5, 0.6) is 0 Å². The summed E-state index contributed by atoms with van der Waals surface area (Å²) < 4.78 is 27.4. The molecule has 1 aliphatic rings. The summed E-state index contributed by atoms with van der Waals surface area (Å²) in [5.74, 6) is 3.73. The highest BCUT2D eigenvalue weighted by Gasteiger charge is 2.20. The average Bonchev–Trinajstić information content (AvgIpc) is 2.70. The Morgan fingerprint density at radius 1 is 1.05 bits per heavy atom. The third-order valence-electron chi connectivity index (χ3n) is 3.77. The monoisotopic (exact) mass is 290 g/mol. The molecule has 0 bridgehead atoms. The number of nitrogens with one attached hydrogen (secondary N) is 1. The summed E-state index contributed by atoms with van der Waals surface area (Å²) in [6.07, 6.45) is 1.61. The van der Waals surface area contributed by atoms with E-state index in [2.05, 4.69) is 22.5 Å². The molecule has 1 aliphatic heterocycles. The Bertz CT molecular complexity index is 633. The number of hydrazine groups is 1. The highest BCUT2D eigenvalue weighted by atomic mass is 19.1. The fraction of sp³-hybridized carbons (Fsp3) is 0.267. The Labute approximate surface area is 121 Å². The summed E-state index contributed by atoms with van der Waals surface area (Å²) in [6.45, 7) is 1.27. The minimum absolute atomic E-state index is 0.136. The Kier molecular flexibility index (Phi) is 3.70. The SMILES string of the molecule is NNc1nc(N2CCc3ccccc3CC2)c(F)cc1F. The van der Waals surface area contributed by atoms with Gasteiger partial charge in [-0.3, -0.25) is 0 Å². The second-order valence-corrected chi connectivity index (χ2v) is 5.02. The van der Waals surface area contributed by atoms with Crippen molar-refractivity contribution in [2.75, 3.05) is 23.4 Å². The predicted molar refractivity (Wildman–Crippen MR) is 78.0 cm³/mol. The second kappa shape index (κ2) is 5.65.